The summed E-state index contributed by atoms with van der Waals surface area (Å²) in [5, 5.41) is 0. The van der Waals surface area contributed by atoms with Crippen molar-refractivity contribution in [2.75, 3.05) is 0 Å². The molecule has 9 heteroatoms. The van der Waals surface area contributed by atoms with E-state index in [-0.39, 0.29) is 28.9 Å². The van der Waals surface area contributed by atoms with Gasteiger partial charge >= 0.3 is 0 Å². The van der Waals surface area contributed by atoms with Crippen LogP contribution in [-0.2, 0) is 0 Å². The molecule has 380 valence electrons. The van der Waals surface area contributed by atoms with Crippen LogP contribution in [0.1, 0.15) is 102 Å². The Balaban J connectivity index is 0.673. The van der Waals surface area contributed by atoms with Crippen molar-refractivity contribution in [3.8, 4) is 46.0 Å². The van der Waals surface area contributed by atoms with Crippen LogP contribution < -0.4 is 18.9 Å². The predicted molar refractivity (Wildman–Crippen MR) is 301 cm³/mol. The number of hydrogen-bond donors (Lipinski definition) is 0. The van der Waals surface area contributed by atoms with E-state index in [1.807, 2.05) is 64.1 Å². The highest BCUT2D eigenvalue weighted by Gasteiger charge is 2.17. The fourth-order valence-corrected chi connectivity index (χ4v) is 8.71. The van der Waals surface area contributed by atoms with Crippen molar-refractivity contribution in [3.63, 3.8) is 0 Å². The summed E-state index contributed by atoms with van der Waals surface area (Å²) < 4.78 is 24.1. The van der Waals surface area contributed by atoms with E-state index in [1.165, 1.54) is 0 Å². The Morgan fingerprint density at radius 3 is 0.564 bits per heavy atom. The van der Waals surface area contributed by atoms with E-state index in [1.54, 1.807) is 194 Å². The summed E-state index contributed by atoms with van der Waals surface area (Å²) in [5.74, 6) is 3.73. The second-order valence-corrected chi connectivity index (χ2v) is 18.9. The molecule has 0 heterocycles. The summed E-state index contributed by atoms with van der Waals surface area (Å²) >= 11 is 0. The van der Waals surface area contributed by atoms with Crippen LogP contribution in [0.2, 0.25) is 0 Å². The lowest BCUT2D eigenvalue weighted by atomic mass is 9.97. The molecule has 10 aromatic carbocycles. The second-order valence-electron chi connectivity index (χ2n) is 18.9. The maximum Gasteiger partial charge on any atom is 0.193 e. The van der Waals surface area contributed by atoms with Crippen molar-refractivity contribution in [2.45, 2.75) is 27.7 Å². The van der Waals surface area contributed by atoms with Crippen LogP contribution in [0.15, 0.2) is 231 Å². The van der Waals surface area contributed by atoms with Gasteiger partial charge in [-0.05, 0) is 245 Å². The van der Waals surface area contributed by atoms with Crippen LogP contribution in [0.4, 0.5) is 0 Å². The first-order valence-corrected chi connectivity index (χ1v) is 25.2. The van der Waals surface area contributed by atoms with E-state index in [0.29, 0.717) is 102 Å². The smallest absolute Gasteiger partial charge is 0.193 e. The number of carbonyl (C=O) groups is 5. The molecule has 0 N–H and O–H groups in total. The summed E-state index contributed by atoms with van der Waals surface area (Å²) in [7, 11) is 0. The Hall–Kier alpha value is -10.3. The van der Waals surface area contributed by atoms with Gasteiger partial charge in [0.25, 0.3) is 0 Å². The average Bonchev–Trinajstić information content (AvgIpc) is 3.48. The van der Waals surface area contributed by atoms with E-state index in [9.17, 15) is 24.0 Å². The van der Waals surface area contributed by atoms with Gasteiger partial charge in [0, 0.05) is 55.6 Å². The molecule has 9 nitrogen and oxygen atoms in total. The predicted octanol–water partition coefficient (Wildman–Crippen LogP) is 16.2. The monoisotopic (exact) mass is 1020 g/mol. The molecule has 0 spiro atoms. The van der Waals surface area contributed by atoms with E-state index in [2.05, 4.69) is 0 Å². The minimum absolute atomic E-state index is 0.0432. The fraction of sp³-hybridized carbons (Fsp3) is 0.0580. The van der Waals surface area contributed by atoms with Crippen molar-refractivity contribution in [3.05, 3.63) is 308 Å². The standard InChI is InChI=1S/C69H50O9/c1-43-5-7-45(3)63(41-43)68(73)53-21-37-61(38-22-53)77-59-33-17-51(18-34-59)66(71)49-13-29-57(30-14-49)75-55-25-9-47(10-26-55)65(70)48-11-27-56(28-12-48)76-58-31-15-50(16-32-58)67(72)52-19-35-60(36-20-52)78-62-39-23-54(24-40-62)69(74)64-42-44(2)6-8-46(64)4/h5-42H,1-4H3. The largest absolute Gasteiger partial charge is 0.457 e. The summed E-state index contributed by atoms with van der Waals surface area (Å²) in [5.41, 5.74) is 9.31. The highest BCUT2D eigenvalue weighted by molar-refractivity contribution is 6.12. The van der Waals surface area contributed by atoms with Gasteiger partial charge in [0.05, 0.1) is 0 Å². The lowest BCUT2D eigenvalue weighted by Gasteiger charge is -2.10. The minimum Gasteiger partial charge on any atom is -0.457 e. The molecule has 0 aliphatic heterocycles. The first-order chi connectivity index (χ1) is 37.8. The minimum atomic E-state index is -0.176. The molecule has 10 aromatic rings. The molecular weight excluding hydrogens is 973 g/mol. The van der Waals surface area contributed by atoms with Crippen LogP contribution in [0.5, 0.6) is 46.0 Å². The lowest BCUT2D eigenvalue weighted by Crippen LogP contribution is -2.04. The van der Waals surface area contributed by atoms with Gasteiger partial charge in [-0.25, -0.2) is 0 Å². The molecular formula is C69H50O9. The van der Waals surface area contributed by atoms with Gasteiger partial charge in [0.1, 0.15) is 46.0 Å². The van der Waals surface area contributed by atoms with Gasteiger partial charge in [0.2, 0.25) is 0 Å². The molecule has 0 amide bonds. The normalized spacial score (nSPS) is 10.8. The highest BCUT2D eigenvalue weighted by Crippen LogP contribution is 2.30. The maximum absolute atomic E-state index is 13.4. The van der Waals surface area contributed by atoms with Gasteiger partial charge in [-0.15, -0.1) is 0 Å². The summed E-state index contributed by atoms with van der Waals surface area (Å²) in [6.07, 6.45) is 0. The van der Waals surface area contributed by atoms with Crippen LogP contribution in [0, 0.1) is 27.7 Å². The van der Waals surface area contributed by atoms with Crippen LogP contribution >= 0.6 is 0 Å². The number of benzene rings is 10. The first kappa shape index (κ1) is 51.2. The van der Waals surface area contributed by atoms with Gasteiger partial charge in [-0.3, -0.25) is 24.0 Å². The molecule has 0 unspecified atom stereocenters. The molecule has 10 rings (SSSR count). The maximum atomic E-state index is 13.4. The molecule has 0 aliphatic rings. The van der Waals surface area contributed by atoms with E-state index in [4.69, 9.17) is 18.9 Å². The zero-order valence-electron chi connectivity index (χ0n) is 43.1. The highest BCUT2D eigenvalue weighted by atomic mass is 16.5. The molecule has 0 radical (unpaired) electrons. The van der Waals surface area contributed by atoms with Gasteiger partial charge in [0.15, 0.2) is 28.9 Å². The number of hydrogen-bond acceptors (Lipinski definition) is 9. The van der Waals surface area contributed by atoms with E-state index in [0.717, 1.165) is 22.3 Å². The number of carbonyl (C=O) groups excluding carboxylic acids is 5. The summed E-state index contributed by atoms with van der Waals surface area (Å²) in [6.45, 7) is 7.78. The number of aryl methyl sites for hydroxylation is 4. The Kier molecular flexibility index (Phi) is 14.9. The quantitative estimate of drug-likeness (QED) is 0.0773. The number of ether oxygens (including phenoxy) is 4. The molecule has 0 atom stereocenters. The van der Waals surface area contributed by atoms with Crippen LogP contribution in [-0.4, -0.2) is 28.9 Å². The van der Waals surface area contributed by atoms with Crippen molar-refractivity contribution < 1.29 is 42.9 Å². The summed E-state index contributed by atoms with van der Waals surface area (Å²) in [4.78, 5) is 66.4. The Morgan fingerprint density at radius 2 is 0.385 bits per heavy atom. The van der Waals surface area contributed by atoms with Crippen molar-refractivity contribution in [1.29, 1.82) is 0 Å². The van der Waals surface area contributed by atoms with E-state index < -0.39 is 0 Å². The molecule has 0 aromatic heterocycles. The lowest BCUT2D eigenvalue weighted by molar-refractivity contribution is 0.103. The average molecular weight is 1020 g/mol. The third kappa shape index (κ3) is 12.0. The van der Waals surface area contributed by atoms with Gasteiger partial charge in [-0.2, -0.15) is 0 Å². The summed E-state index contributed by atoms with van der Waals surface area (Å²) in [6, 6.07) is 66.7. The molecule has 78 heavy (non-hydrogen) atoms. The molecule has 0 aliphatic carbocycles. The fourth-order valence-electron chi connectivity index (χ4n) is 8.71. The van der Waals surface area contributed by atoms with Gasteiger partial charge < -0.3 is 18.9 Å². The number of rotatable bonds is 18. The first-order valence-electron chi connectivity index (χ1n) is 25.2. The molecule has 0 fully saturated rings. The third-order valence-electron chi connectivity index (χ3n) is 13.2. The third-order valence-corrected chi connectivity index (χ3v) is 13.2. The molecule has 0 bridgehead atoms. The number of ketones is 5. The van der Waals surface area contributed by atoms with E-state index >= 15 is 0 Å². The second kappa shape index (κ2) is 22.7. The van der Waals surface area contributed by atoms with Crippen LogP contribution in [0.3, 0.4) is 0 Å². The van der Waals surface area contributed by atoms with Gasteiger partial charge in [-0.1, -0.05) is 35.4 Å². The van der Waals surface area contributed by atoms with Crippen LogP contribution in [0.25, 0.3) is 0 Å². The zero-order valence-corrected chi connectivity index (χ0v) is 43.1. The topological polar surface area (TPSA) is 122 Å². The Morgan fingerprint density at radius 1 is 0.218 bits per heavy atom. The Labute approximate surface area is 451 Å². The SMILES string of the molecule is Cc1ccc(C)c(C(=O)c2ccc(Oc3ccc(C(=O)c4ccc(Oc5ccc(C(=O)c6ccc(Oc7ccc(C(=O)c8ccc(Oc9ccc(C(=O)c%10cc(C)ccc%10C)cc9)cc8)cc7)cc6)cc5)cc4)cc3)cc2)c1. The van der Waals surface area contributed by atoms with Crippen molar-refractivity contribution >= 4 is 28.9 Å². The zero-order chi connectivity index (χ0) is 54.3. The van der Waals surface area contributed by atoms with Crippen molar-refractivity contribution in [2.24, 2.45) is 0 Å². The molecule has 0 saturated carbocycles. The van der Waals surface area contributed by atoms with Crippen molar-refractivity contribution in [1.82, 2.24) is 0 Å². The Bertz CT molecular complexity index is 3590. The molecule has 0 saturated heterocycles.